The van der Waals surface area contributed by atoms with Gasteiger partial charge in [-0.15, -0.1) is 0 Å². The van der Waals surface area contributed by atoms with Gasteiger partial charge in [-0.2, -0.15) is 0 Å². The molecule has 4 rings (SSSR count). The van der Waals surface area contributed by atoms with Crippen molar-refractivity contribution in [3.05, 3.63) is 59.7 Å². The number of ketones is 1. The molecule has 0 bridgehead atoms. The number of rotatable bonds is 6. The number of furan rings is 1. The summed E-state index contributed by atoms with van der Waals surface area (Å²) >= 11 is 0. The zero-order valence-corrected chi connectivity index (χ0v) is 16.3. The standard InChI is InChI=1S/C22H22N2O5/c1-13-20(17-7-3-4-8-18(17)23-13)21(26)14(2)29-22(27)15-10-19(25)24(11-15)12-16-6-5-9-28-16/h3-9,14-15,23H,10-12H2,1-2H3/t14-,15-/m1/s1. The fourth-order valence-corrected chi connectivity index (χ4v) is 3.79. The van der Waals surface area contributed by atoms with Crippen LogP contribution in [0.3, 0.4) is 0 Å². The highest BCUT2D eigenvalue weighted by atomic mass is 16.5. The van der Waals surface area contributed by atoms with E-state index in [1.807, 2.05) is 31.2 Å². The lowest BCUT2D eigenvalue weighted by molar-refractivity contribution is -0.151. The first-order valence-electron chi connectivity index (χ1n) is 9.56. The second-order valence-electron chi connectivity index (χ2n) is 7.37. The number of hydrogen-bond acceptors (Lipinski definition) is 5. The number of aromatic nitrogens is 1. The Morgan fingerprint density at radius 3 is 2.83 bits per heavy atom. The largest absolute Gasteiger partial charge is 0.467 e. The first kappa shape index (κ1) is 19.0. The zero-order chi connectivity index (χ0) is 20.5. The van der Waals surface area contributed by atoms with Crippen LogP contribution in [0.2, 0.25) is 0 Å². The molecule has 1 fully saturated rings. The van der Waals surface area contributed by atoms with Gasteiger partial charge >= 0.3 is 5.97 Å². The van der Waals surface area contributed by atoms with Crippen molar-refractivity contribution >= 4 is 28.6 Å². The molecular formula is C22H22N2O5. The summed E-state index contributed by atoms with van der Waals surface area (Å²) in [5.74, 6) is -0.846. The fraction of sp³-hybridized carbons (Fsp3) is 0.318. The smallest absolute Gasteiger partial charge is 0.311 e. The summed E-state index contributed by atoms with van der Waals surface area (Å²) in [5, 5.41) is 0.804. The number of esters is 1. The summed E-state index contributed by atoms with van der Waals surface area (Å²) in [4.78, 5) is 42.5. The molecule has 7 heteroatoms. The average molecular weight is 394 g/mol. The number of H-pyrrole nitrogens is 1. The molecule has 1 aliphatic rings. The Morgan fingerprint density at radius 1 is 1.28 bits per heavy atom. The topological polar surface area (TPSA) is 92.6 Å². The quantitative estimate of drug-likeness (QED) is 0.512. The lowest BCUT2D eigenvalue weighted by atomic mass is 10.0. The van der Waals surface area contributed by atoms with Crippen molar-refractivity contribution < 1.29 is 23.5 Å². The normalized spacial score (nSPS) is 17.7. The van der Waals surface area contributed by atoms with Crippen molar-refractivity contribution in [3.8, 4) is 0 Å². The van der Waals surface area contributed by atoms with Crippen molar-refractivity contribution in [2.24, 2.45) is 5.92 Å². The first-order valence-corrected chi connectivity index (χ1v) is 9.56. The number of aromatic amines is 1. The van der Waals surface area contributed by atoms with E-state index in [0.29, 0.717) is 17.9 Å². The van der Waals surface area contributed by atoms with E-state index < -0.39 is 18.0 Å². The van der Waals surface area contributed by atoms with E-state index in [-0.39, 0.29) is 24.7 Å². The van der Waals surface area contributed by atoms with Crippen LogP contribution in [0.4, 0.5) is 0 Å². The Hall–Kier alpha value is -3.35. The Bertz CT molecular complexity index is 1070. The van der Waals surface area contributed by atoms with Gasteiger partial charge in [0, 0.05) is 35.1 Å². The Kier molecular flexibility index (Phi) is 4.96. The Labute approximate surface area is 167 Å². The minimum Gasteiger partial charge on any atom is -0.467 e. The van der Waals surface area contributed by atoms with E-state index in [0.717, 1.165) is 16.6 Å². The number of benzene rings is 1. The number of fused-ring (bicyclic) bond motifs is 1. The van der Waals surface area contributed by atoms with Crippen LogP contribution in [0.25, 0.3) is 10.9 Å². The molecule has 1 aliphatic heterocycles. The third-order valence-corrected chi connectivity index (χ3v) is 5.28. The third kappa shape index (κ3) is 3.68. The van der Waals surface area contributed by atoms with Gasteiger partial charge in [-0.25, -0.2) is 0 Å². The van der Waals surface area contributed by atoms with Crippen LogP contribution < -0.4 is 0 Å². The summed E-state index contributed by atoms with van der Waals surface area (Å²) < 4.78 is 10.7. The molecule has 0 spiro atoms. The van der Waals surface area contributed by atoms with Crippen LogP contribution in [0.5, 0.6) is 0 Å². The predicted octanol–water partition coefficient (Wildman–Crippen LogP) is 3.23. The molecule has 1 N–H and O–H groups in total. The van der Waals surface area contributed by atoms with Crippen molar-refractivity contribution in [2.45, 2.75) is 32.9 Å². The molecular weight excluding hydrogens is 372 g/mol. The van der Waals surface area contributed by atoms with Gasteiger partial charge in [0.05, 0.1) is 18.7 Å². The van der Waals surface area contributed by atoms with E-state index in [1.54, 1.807) is 30.2 Å². The number of Topliss-reactive ketones (excluding diaryl/α,β-unsaturated/α-hetero) is 1. The van der Waals surface area contributed by atoms with Crippen molar-refractivity contribution in [1.82, 2.24) is 9.88 Å². The van der Waals surface area contributed by atoms with Gasteiger partial charge in [-0.05, 0) is 32.0 Å². The number of hydrogen-bond donors (Lipinski definition) is 1. The molecule has 29 heavy (non-hydrogen) atoms. The van der Waals surface area contributed by atoms with Crippen LogP contribution in [0.15, 0.2) is 47.1 Å². The van der Waals surface area contributed by atoms with E-state index >= 15 is 0 Å². The van der Waals surface area contributed by atoms with E-state index in [4.69, 9.17) is 9.15 Å². The maximum absolute atomic E-state index is 12.9. The second kappa shape index (κ2) is 7.58. The minimum atomic E-state index is -0.936. The van der Waals surface area contributed by atoms with Gasteiger partial charge in [0.15, 0.2) is 6.10 Å². The van der Waals surface area contributed by atoms with Crippen LogP contribution >= 0.6 is 0 Å². The number of carbonyl (C=O) groups excluding carboxylic acids is 3. The van der Waals surface area contributed by atoms with E-state index in [2.05, 4.69) is 4.98 Å². The predicted molar refractivity (Wildman–Crippen MR) is 105 cm³/mol. The molecule has 150 valence electrons. The molecule has 2 atom stereocenters. The van der Waals surface area contributed by atoms with Gasteiger partial charge in [0.25, 0.3) is 0 Å². The molecule has 0 radical (unpaired) electrons. The van der Waals surface area contributed by atoms with Crippen LogP contribution in [0.1, 0.15) is 35.2 Å². The number of ether oxygens (including phenoxy) is 1. The molecule has 3 heterocycles. The molecule has 1 aromatic carbocycles. The number of nitrogens with zero attached hydrogens (tertiary/aromatic N) is 1. The summed E-state index contributed by atoms with van der Waals surface area (Å²) in [6.07, 6.45) is 0.684. The molecule has 1 amide bonds. The van der Waals surface area contributed by atoms with Gasteiger partial charge in [-0.3, -0.25) is 14.4 Å². The Balaban J connectivity index is 1.42. The second-order valence-corrected chi connectivity index (χ2v) is 7.37. The first-order chi connectivity index (χ1) is 13.9. The number of amides is 1. The van der Waals surface area contributed by atoms with Gasteiger partial charge in [-0.1, -0.05) is 18.2 Å². The summed E-state index contributed by atoms with van der Waals surface area (Å²) in [7, 11) is 0. The average Bonchev–Trinajstić information content (AvgIpc) is 3.40. The summed E-state index contributed by atoms with van der Waals surface area (Å²) in [6, 6.07) is 11.0. The summed E-state index contributed by atoms with van der Waals surface area (Å²) in [6.45, 7) is 3.97. The molecule has 2 aromatic heterocycles. The highest BCUT2D eigenvalue weighted by molar-refractivity contribution is 6.11. The van der Waals surface area contributed by atoms with Crippen LogP contribution in [-0.2, 0) is 20.9 Å². The molecule has 7 nitrogen and oxygen atoms in total. The molecule has 0 unspecified atom stereocenters. The van der Waals surface area contributed by atoms with E-state index in [9.17, 15) is 14.4 Å². The van der Waals surface area contributed by atoms with E-state index in [1.165, 1.54) is 0 Å². The molecule has 3 aromatic rings. The monoisotopic (exact) mass is 394 g/mol. The fourth-order valence-electron chi connectivity index (χ4n) is 3.79. The molecule has 0 saturated carbocycles. The Morgan fingerprint density at radius 2 is 2.07 bits per heavy atom. The van der Waals surface area contributed by atoms with Crippen LogP contribution in [0, 0.1) is 12.8 Å². The molecule has 0 aliphatic carbocycles. The van der Waals surface area contributed by atoms with Gasteiger partial charge < -0.3 is 19.0 Å². The van der Waals surface area contributed by atoms with Crippen molar-refractivity contribution in [2.75, 3.05) is 6.54 Å². The number of nitrogens with one attached hydrogen (secondary N) is 1. The lowest BCUT2D eigenvalue weighted by Crippen LogP contribution is -2.30. The lowest BCUT2D eigenvalue weighted by Gasteiger charge is -2.17. The maximum atomic E-state index is 12.9. The van der Waals surface area contributed by atoms with Gasteiger partial charge in [0.1, 0.15) is 5.76 Å². The van der Waals surface area contributed by atoms with Crippen LogP contribution in [-0.4, -0.2) is 40.2 Å². The van der Waals surface area contributed by atoms with Crippen molar-refractivity contribution in [1.29, 1.82) is 0 Å². The SMILES string of the molecule is Cc1[nH]c2ccccc2c1C(=O)[C@@H](C)OC(=O)[C@@H]1CC(=O)N(Cc2ccco2)C1. The van der Waals surface area contributed by atoms with Gasteiger partial charge in [0.2, 0.25) is 11.7 Å². The zero-order valence-electron chi connectivity index (χ0n) is 16.3. The number of aryl methyl sites for hydroxylation is 1. The van der Waals surface area contributed by atoms with Crippen molar-refractivity contribution in [3.63, 3.8) is 0 Å². The third-order valence-electron chi connectivity index (χ3n) is 5.28. The number of carbonyl (C=O) groups is 3. The number of likely N-dealkylation sites (tertiary alicyclic amines) is 1. The molecule has 1 saturated heterocycles. The highest BCUT2D eigenvalue weighted by Crippen LogP contribution is 2.26. The minimum absolute atomic E-state index is 0.0760. The number of para-hydroxylation sites is 1. The summed E-state index contributed by atoms with van der Waals surface area (Å²) in [5.41, 5.74) is 2.13. The highest BCUT2D eigenvalue weighted by Gasteiger charge is 2.37. The maximum Gasteiger partial charge on any atom is 0.311 e.